The van der Waals surface area contributed by atoms with Crippen LogP contribution in [0.3, 0.4) is 0 Å². The molecule has 150 valence electrons. The summed E-state index contributed by atoms with van der Waals surface area (Å²) in [6.07, 6.45) is 0.875. The average Bonchev–Trinajstić information content (AvgIpc) is 3.53. The van der Waals surface area contributed by atoms with Crippen molar-refractivity contribution in [2.24, 2.45) is 15.3 Å². The zero-order valence-corrected chi connectivity index (χ0v) is 19.0. The van der Waals surface area contributed by atoms with Gasteiger partial charge in [0.25, 0.3) is 0 Å². The number of nitrogens with zero attached hydrogens (tertiary/aromatic N) is 5. The number of anilines is 1. The van der Waals surface area contributed by atoms with Gasteiger partial charge < -0.3 is 0 Å². The van der Waals surface area contributed by atoms with Crippen molar-refractivity contribution in [3.05, 3.63) is 80.3 Å². The monoisotopic (exact) mass is 449 g/mol. The molecule has 1 aromatic carbocycles. The Bertz CT molecular complexity index is 1210. The zero-order valence-electron chi connectivity index (χ0n) is 16.5. The van der Waals surface area contributed by atoms with Crippen LogP contribution in [0.25, 0.3) is 0 Å². The quantitative estimate of drug-likeness (QED) is 0.294. The van der Waals surface area contributed by atoms with Gasteiger partial charge in [0, 0.05) is 11.3 Å². The van der Waals surface area contributed by atoms with Gasteiger partial charge in [-0.2, -0.15) is 5.10 Å². The molecule has 0 radical (unpaired) electrons. The van der Waals surface area contributed by atoms with Crippen LogP contribution in [0.4, 0.5) is 15.8 Å². The molecule has 30 heavy (non-hydrogen) atoms. The van der Waals surface area contributed by atoms with E-state index < -0.39 is 0 Å². The highest BCUT2D eigenvalue weighted by Gasteiger charge is 2.33. The van der Waals surface area contributed by atoms with Crippen LogP contribution in [0.1, 0.15) is 33.5 Å². The number of thiophene rings is 2. The van der Waals surface area contributed by atoms with E-state index in [1.54, 1.807) is 22.7 Å². The van der Waals surface area contributed by atoms with E-state index >= 15 is 0 Å². The largest absolute Gasteiger partial charge is 0.230 e. The second kappa shape index (κ2) is 8.22. The topological polar surface area (TPSA) is 53.2 Å². The molecular weight excluding hydrogens is 430 g/mol. The Labute approximate surface area is 187 Å². The van der Waals surface area contributed by atoms with Crippen molar-refractivity contribution < 1.29 is 0 Å². The van der Waals surface area contributed by atoms with Crippen molar-refractivity contribution >= 4 is 55.5 Å². The lowest BCUT2D eigenvalue weighted by atomic mass is 10.1. The second-order valence-corrected chi connectivity index (χ2v) is 9.86. The number of hydrogen-bond donors (Lipinski definition) is 0. The fraction of sp³-hybridized carbons (Fsp3) is 0.182. The summed E-state index contributed by atoms with van der Waals surface area (Å²) in [6.45, 7) is 4.02. The molecule has 0 fully saturated rings. The molecule has 3 aromatic heterocycles. The molecule has 0 saturated heterocycles. The summed E-state index contributed by atoms with van der Waals surface area (Å²) in [5, 5.41) is 21.9. The highest BCUT2D eigenvalue weighted by molar-refractivity contribution is 7.19. The minimum Gasteiger partial charge on any atom is -0.230 e. The van der Waals surface area contributed by atoms with Crippen molar-refractivity contribution in [3.8, 4) is 0 Å². The lowest BCUT2D eigenvalue weighted by Crippen LogP contribution is -2.17. The van der Waals surface area contributed by atoms with E-state index in [1.165, 1.54) is 21.1 Å². The van der Waals surface area contributed by atoms with Crippen LogP contribution in [-0.4, -0.2) is 10.7 Å². The van der Waals surface area contributed by atoms with Crippen LogP contribution < -0.4 is 5.01 Å². The highest BCUT2D eigenvalue weighted by Crippen LogP contribution is 2.43. The number of hydrogen-bond acceptors (Lipinski definition) is 8. The molecule has 1 unspecified atom stereocenters. The van der Waals surface area contributed by atoms with Crippen LogP contribution in [0, 0.1) is 13.8 Å². The number of aromatic nitrogens is 1. The third kappa shape index (κ3) is 3.74. The molecule has 1 atom stereocenters. The van der Waals surface area contributed by atoms with E-state index in [-0.39, 0.29) is 6.04 Å². The Kier molecular flexibility index (Phi) is 5.28. The van der Waals surface area contributed by atoms with Crippen LogP contribution in [0.5, 0.6) is 0 Å². The summed E-state index contributed by atoms with van der Waals surface area (Å²) in [5.74, 6) is 0. The lowest BCUT2D eigenvalue weighted by Gasteiger charge is -2.19. The minimum absolute atomic E-state index is 0.161. The highest BCUT2D eigenvalue weighted by atomic mass is 32.1. The molecule has 4 aromatic rings. The average molecular weight is 450 g/mol. The molecule has 4 heterocycles. The molecule has 8 heteroatoms. The summed E-state index contributed by atoms with van der Waals surface area (Å²) >= 11 is 5.03. The van der Waals surface area contributed by atoms with Crippen LogP contribution >= 0.6 is 34.0 Å². The summed E-state index contributed by atoms with van der Waals surface area (Å²) in [6, 6.07) is 16.6. The van der Waals surface area contributed by atoms with E-state index in [1.807, 2.05) is 38.1 Å². The molecular formula is C22H19N5S3. The van der Waals surface area contributed by atoms with Crippen LogP contribution in [-0.2, 0) is 0 Å². The van der Waals surface area contributed by atoms with E-state index in [0.29, 0.717) is 0 Å². The molecule has 0 amide bonds. The van der Waals surface area contributed by atoms with Gasteiger partial charge in [-0.05, 0) is 48.4 Å². The number of thiazole rings is 1. The predicted molar refractivity (Wildman–Crippen MR) is 127 cm³/mol. The first kappa shape index (κ1) is 19.3. The van der Waals surface area contributed by atoms with E-state index in [2.05, 4.69) is 50.3 Å². The van der Waals surface area contributed by atoms with Gasteiger partial charge in [0.05, 0.1) is 28.0 Å². The maximum Gasteiger partial charge on any atom is 0.208 e. The number of benzene rings is 1. The fourth-order valence-electron chi connectivity index (χ4n) is 3.32. The van der Waals surface area contributed by atoms with Crippen molar-refractivity contribution in [2.75, 3.05) is 5.01 Å². The maximum atomic E-state index is 4.97. The summed E-state index contributed by atoms with van der Waals surface area (Å²) in [5.41, 5.74) is 3.96. The van der Waals surface area contributed by atoms with E-state index in [9.17, 15) is 0 Å². The van der Waals surface area contributed by atoms with Gasteiger partial charge in [-0.15, -0.1) is 32.9 Å². The first-order valence-corrected chi connectivity index (χ1v) is 12.2. The Morgan fingerprint density at radius 3 is 2.57 bits per heavy atom. The van der Waals surface area contributed by atoms with E-state index in [4.69, 9.17) is 10.1 Å². The third-order valence-electron chi connectivity index (χ3n) is 4.91. The minimum atomic E-state index is 0.161. The van der Waals surface area contributed by atoms with Crippen molar-refractivity contribution in [3.63, 3.8) is 0 Å². The number of aryl methyl sites for hydroxylation is 2. The van der Waals surface area contributed by atoms with Gasteiger partial charge in [-0.25, -0.2) is 9.99 Å². The van der Waals surface area contributed by atoms with Gasteiger partial charge in [0.15, 0.2) is 5.00 Å². The SMILES string of the molecule is Cc1ccccc1N=Nc1sc(N2N=C(c3cccs3)CC2c2cccs2)nc1C. The van der Waals surface area contributed by atoms with Gasteiger partial charge in [0.1, 0.15) is 0 Å². The molecule has 0 N–H and O–H groups in total. The smallest absolute Gasteiger partial charge is 0.208 e. The Hall–Kier alpha value is -2.68. The molecule has 0 spiro atoms. The molecule has 5 nitrogen and oxygen atoms in total. The standard InChI is InChI=1S/C22H19N5S3/c1-14-7-3-4-8-16(14)24-25-21-15(2)23-22(30-21)27-18(20-10-6-12-29-20)13-17(26-27)19-9-5-11-28-19/h3-12,18H,13H2,1-2H3. The second-order valence-electron chi connectivity index (χ2n) is 6.98. The molecule has 0 bridgehead atoms. The maximum absolute atomic E-state index is 4.97. The van der Waals surface area contributed by atoms with Gasteiger partial charge in [-0.1, -0.05) is 41.7 Å². The molecule has 0 aliphatic carbocycles. The number of hydrazone groups is 1. The predicted octanol–water partition coefficient (Wildman–Crippen LogP) is 7.65. The Morgan fingerprint density at radius 1 is 0.967 bits per heavy atom. The normalized spacial score (nSPS) is 16.5. The summed E-state index contributed by atoms with van der Waals surface area (Å²) in [4.78, 5) is 7.30. The van der Waals surface area contributed by atoms with Crippen molar-refractivity contribution in [1.29, 1.82) is 0 Å². The fourth-order valence-corrected chi connectivity index (χ4v) is 5.75. The Morgan fingerprint density at radius 2 is 1.80 bits per heavy atom. The molecule has 5 rings (SSSR count). The molecule has 1 aliphatic heterocycles. The number of rotatable bonds is 5. The van der Waals surface area contributed by atoms with Gasteiger partial charge >= 0.3 is 0 Å². The third-order valence-corrected chi connectivity index (χ3v) is 7.83. The molecule has 1 aliphatic rings. The lowest BCUT2D eigenvalue weighted by molar-refractivity contribution is 0.718. The van der Waals surface area contributed by atoms with Gasteiger partial charge in [-0.3, -0.25) is 0 Å². The summed E-state index contributed by atoms with van der Waals surface area (Å²) in [7, 11) is 0. The molecule has 0 saturated carbocycles. The zero-order chi connectivity index (χ0) is 20.5. The van der Waals surface area contributed by atoms with Crippen LogP contribution in [0.2, 0.25) is 0 Å². The van der Waals surface area contributed by atoms with Crippen LogP contribution in [0.15, 0.2) is 74.6 Å². The van der Waals surface area contributed by atoms with Crippen molar-refractivity contribution in [1.82, 2.24) is 4.98 Å². The number of azo groups is 1. The van der Waals surface area contributed by atoms with Crippen molar-refractivity contribution in [2.45, 2.75) is 26.3 Å². The van der Waals surface area contributed by atoms with Gasteiger partial charge in [0.2, 0.25) is 5.13 Å². The first-order valence-electron chi connectivity index (χ1n) is 9.58. The van der Waals surface area contributed by atoms with E-state index in [0.717, 1.165) is 39.2 Å². The summed E-state index contributed by atoms with van der Waals surface area (Å²) < 4.78 is 0. The Balaban J connectivity index is 1.48. The first-order chi connectivity index (χ1) is 14.7.